The SMILES string of the molecule is C=C(NC(=O)Cc1ccccc1)SC(CCCCN/C=C(\N)C(=O)NCCN1CCC(O)CC1)=NC. The van der Waals surface area contributed by atoms with Crippen molar-refractivity contribution in [1.82, 2.24) is 20.9 Å². The largest absolute Gasteiger partial charge is 0.393 e. The van der Waals surface area contributed by atoms with Crippen LogP contribution in [0.5, 0.6) is 0 Å². The number of carbonyl (C=O) groups is 2. The number of nitrogens with one attached hydrogen (secondary N) is 3. The number of piperidine rings is 1. The molecule has 9 nitrogen and oxygen atoms in total. The van der Waals surface area contributed by atoms with Crippen LogP contribution in [-0.4, -0.2) is 72.7 Å². The molecule has 36 heavy (non-hydrogen) atoms. The van der Waals surface area contributed by atoms with Crippen LogP contribution in [-0.2, 0) is 16.0 Å². The maximum Gasteiger partial charge on any atom is 0.268 e. The normalized spacial score (nSPS) is 15.4. The first kappa shape index (κ1) is 29.4. The number of aliphatic imine (C=N–C) groups is 1. The van der Waals surface area contributed by atoms with E-state index in [-0.39, 0.29) is 23.6 Å². The van der Waals surface area contributed by atoms with Crippen molar-refractivity contribution in [2.45, 2.75) is 44.6 Å². The van der Waals surface area contributed by atoms with E-state index in [0.717, 1.165) is 62.3 Å². The Morgan fingerprint density at radius 1 is 1.22 bits per heavy atom. The van der Waals surface area contributed by atoms with E-state index in [0.29, 0.717) is 24.5 Å². The Hall–Kier alpha value is -2.82. The van der Waals surface area contributed by atoms with Gasteiger partial charge in [0.25, 0.3) is 5.91 Å². The molecule has 0 aromatic heterocycles. The average Bonchev–Trinajstić information content (AvgIpc) is 2.86. The number of rotatable bonds is 14. The molecule has 6 N–H and O–H groups in total. The topological polar surface area (TPSA) is 132 Å². The van der Waals surface area contributed by atoms with Crippen LogP contribution in [0.25, 0.3) is 0 Å². The molecular weight excluding hydrogens is 476 g/mol. The highest BCUT2D eigenvalue weighted by atomic mass is 32.2. The minimum absolute atomic E-state index is 0.0990. The van der Waals surface area contributed by atoms with Crippen LogP contribution >= 0.6 is 11.8 Å². The number of aliphatic hydroxyl groups is 1. The lowest BCUT2D eigenvalue weighted by Crippen LogP contribution is -2.41. The fraction of sp³-hybridized carbons (Fsp3) is 0.500. The minimum Gasteiger partial charge on any atom is -0.393 e. The van der Waals surface area contributed by atoms with Crippen LogP contribution in [0, 0.1) is 0 Å². The predicted molar refractivity (Wildman–Crippen MR) is 147 cm³/mol. The van der Waals surface area contributed by atoms with Crippen molar-refractivity contribution in [3.63, 3.8) is 0 Å². The molecule has 0 aliphatic carbocycles. The molecule has 0 unspecified atom stereocenters. The molecule has 0 radical (unpaired) electrons. The third kappa shape index (κ3) is 12.2. The van der Waals surface area contributed by atoms with E-state index in [1.54, 1.807) is 13.2 Å². The molecule has 2 amide bonds. The fourth-order valence-electron chi connectivity index (χ4n) is 3.68. The van der Waals surface area contributed by atoms with Gasteiger partial charge in [-0.05, 0) is 37.7 Å². The van der Waals surface area contributed by atoms with Gasteiger partial charge in [0.1, 0.15) is 5.70 Å². The molecule has 1 heterocycles. The van der Waals surface area contributed by atoms with Gasteiger partial charge in [-0.15, -0.1) is 0 Å². The van der Waals surface area contributed by atoms with E-state index in [4.69, 9.17) is 5.73 Å². The Balaban J connectivity index is 1.55. The van der Waals surface area contributed by atoms with E-state index < -0.39 is 0 Å². The van der Waals surface area contributed by atoms with Gasteiger partial charge in [-0.2, -0.15) is 0 Å². The van der Waals surface area contributed by atoms with Crippen molar-refractivity contribution >= 4 is 28.6 Å². The second kappa shape index (κ2) is 16.8. The number of hydrogen-bond donors (Lipinski definition) is 5. The maximum absolute atomic E-state index is 12.2. The highest BCUT2D eigenvalue weighted by Gasteiger charge is 2.16. The highest BCUT2D eigenvalue weighted by Crippen LogP contribution is 2.17. The van der Waals surface area contributed by atoms with Crippen LogP contribution < -0.4 is 21.7 Å². The van der Waals surface area contributed by atoms with Crippen molar-refractivity contribution in [2.24, 2.45) is 10.7 Å². The van der Waals surface area contributed by atoms with Crippen LogP contribution in [0.2, 0.25) is 0 Å². The summed E-state index contributed by atoms with van der Waals surface area (Å²) in [5.74, 6) is -0.387. The zero-order valence-corrected chi connectivity index (χ0v) is 22.0. The zero-order chi connectivity index (χ0) is 26.2. The summed E-state index contributed by atoms with van der Waals surface area (Å²) in [6.07, 6.45) is 5.75. The summed E-state index contributed by atoms with van der Waals surface area (Å²) < 4.78 is 0. The molecular formula is C26H40N6O3S. The van der Waals surface area contributed by atoms with Crippen molar-refractivity contribution in [1.29, 1.82) is 0 Å². The standard InChI is InChI=1S/C26H40N6O3S/c1-20(31-24(34)18-21-8-4-3-5-9-21)36-25(28-2)10-6-7-13-29-19-23(27)26(35)30-14-17-32-15-11-22(33)12-16-32/h3-5,8-9,19,22,29,33H,1,6-7,10-18,27H2,2H3,(H,30,35)(H,31,34)/b23-19-,28-25?. The minimum atomic E-state index is -0.288. The predicted octanol–water partition coefficient (Wildman–Crippen LogP) is 1.71. The third-order valence-corrected chi connectivity index (χ3v) is 6.70. The Morgan fingerprint density at radius 3 is 2.64 bits per heavy atom. The molecule has 1 aliphatic rings. The molecule has 1 aliphatic heterocycles. The number of thioether (sulfide) groups is 1. The first-order valence-electron chi connectivity index (χ1n) is 12.4. The number of hydrogen-bond acceptors (Lipinski definition) is 8. The van der Waals surface area contributed by atoms with E-state index in [1.165, 1.54) is 11.8 Å². The number of nitrogens with zero attached hydrogens (tertiary/aromatic N) is 2. The number of nitrogens with two attached hydrogens (primary N) is 1. The van der Waals surface area contributed by atoms with E-state index in [9.17, 15) is 14.7 Å². The summed E-state index contributed by atoms with van der Waals surface area (Å²) in [4.78, 5) is 30.8. The van der Waals surface area contributed by atoms with Crippen molar-refractivity contribution < 1.29 is 14.7 Å². The molecule has 1 aromatic carbocycles. The summed E-state index contributed by atoms with van der Waals surface area (Å²) in [7, 11) is 1.73. The average molecular weight is 517 g/mol. The first-order chi connectivity index (χ1) is 17.4. The number of amides is 2. The molecule has 2 rings (SSSR count). The number of benzene rings is 1. The summed E-state index contributed by atoms with van der Waals surface area (Å²) in [6.45, 7) is 7.59. The van der Waals surface area contributed by atoms with Crippen molar-refractivity contribution in [2.75, 3.05) is 39.8 Å². The van der Waals surface area contributed by atoms with Gasteiger partial charge in [0.2, 0.25) is 5.91 Å². The van der Waals surface area contributed by atoms with Gasteiger partial charge in [0, 0.05) is 46.0 Å². The summed E-state index contributed by atoms with van der Waals surface area (Å²) in [5, 5.41) is 19.7. The Morgan fingerprint density at radius 2 is 1.94 bits per heavy atom. The second-order valence-electron chi connectivity index (χ2n) is 8.69. The number of unbranched alkanes of at least 4 members (excludes halogenated alkanes) is 1. The summed E-state index contributed by atoms with van der Waals surface area (Å²) in [6, 6.07) is 9.58. The van der Waals surface area contributed by atoms with Gasteiger partial charge in [0.05, 0.1) is 22.6 Å². The zero-order valence-electron chi connectivity index (χ0n) is 21.2. The second-order valence-corrected chi connectivity index (χ2v) is 9.86. The number of likely N-dealkylation sites (tertiary alicyclic amines) is 1. The molecule has 198 valence electrons. The lowest BCUT2D eigenvalue weighted by atomic mass is 10.1. The smallest absolute Gasteiger partial charge is 0.268 e. The monoisotopic (exact) mass is 516 g/mol. The van der Waals surface area contributed by atoms with Gasteiger partial charge in [-0.3, -0.25) is 14.6 Å². The van der Waals surface area contributed by atoms with E-state index in [2.05, 4.69) is 32.4 Å². The Bertz CT molecular complexity index is 898. The third-order valence-electron chi connectivity index (χ3n) is 5.73. The van der Waals surface area contributed by atoms with Gasteiger partial charge >= 0.3 is 0 Å². The molecule has 10 heteroatoms. The quantitative estimate of drug-likeness (QED) is 0.110. The van der Waals surface area contributed by atoms with Crippen molar-refractivity contribution in [3.05, 3.63) is 59.4 Å². The van der Waals surface area contributed by atoms with Crippen LogP contribution in [0.15, 0.2) is 58.8 Å². The lowest BCUT2D eigenvalue weighted by molar-refractivity contribution is -0.119. The number of aliphatic hydroxyl groups excluding tert-OH is 1. The number of carbonyl (C=O) groups excluding carboxylic acids is 2. The van der Waals surface area contributed by atoms with Gasteiger partial charge in [0.15, 0.2) is 0 Å². The highest BCUT2D eigenvalue weighted by molar-refractivity contribution is 8.17. The molecule has 0 saturated carbocycles. The van der Waals surface area contributed by atoms with Crippen LogP contribution in [0.4, 0.5) is 0 Å². The van der Waals surface area contributed by atoms with Crippen LogP contribution in [0.1, 0.15) is 37.7 Å². The summed E-state index contributed by atoms with van der Waals surface area (Å²) in [5.41, 5.74) is 6.96. The van der Waals surface area contributed by atoms with E-state index >= 15 is 0 Å². The van der Waals surface area contributed by atoms with Gasteiger partial charge in [-0.25, -0.2) is 0 Å². The Labute approximate surface area is 218 Å². The molecule has 1 saturated heterocycles. The molecule has 1 aromatic rings. The molecule has 1 fully saturated rings. The maximum atomic E-state index is 12.2. The van der Waals surface area contributed by atoms with E-state index in [1.807, 2.05) is 30.3 Å². The molecule has 0 atom stereocenters. The fourth-order valence-corrected chi connectivity index (χ4v) is 4.47. The van der Waals surface area contributed by atoms with Gasteiger partial charge in [-0.1, -0.05) is 48.7 Å². The van der Waals surface area contributed by atoms with Crippen LogP contribution in [0.3, 0.4) is 0 Å². The van der Waals surface area contributed by atoms with Crippen molar-refractivity contribution in [3.8, 4) is 0 Å². The van der Waals surface area contributed by atoms with Gasteiger partial charge < -0.3 is 31.7 Å². The first-order valence-corrected chi connectivity index (χ1v) is 13.2. The summed E-state index contributed by atoms with van der Waals surface area (Å²) >= 11 is 1.38. The molecule has 0 spiro atoms. The lowest BCUT2D eigenvalue weighted by Gasteiger charge is -2.29. The molecule has 0 bridgehead atoms. The Kier molecular flexibility index (Phi) is 13.7.